The van der Waals surface area contributed by atoms with Crippen molar-refractivity contribution in [3.05, 3.63) is 83.8 Å². The molecule has 0 aromatic heterocycles. The Bertz CT molecular complexity index is 1270. The summed E-state index contributed by atoms with van der Waals surface area (Å²) in [6.07, 6.45) is 0. The minimum absolute atomic E-state index is 0.0554. The SMILES string of the molecule is COc1ccc(OC)c(NC2=C(c3ccc(F)cc3)C(=O)N(c3ccc(N(C)C)cc3)C2=O)c1. The van der Waals surface area contributed by atoms with Crippen LogP contribution in [0.1, 0.15) is 5.56 Å². The van der Waals surface area contributed by atoms with Gasteiger partial charge < -0.3 is 19.7 Å². The quantitative estimate of drug-likeness (QED) is 0.529. The average molecular weight is 461 g/mol. The highest BCUT2D eigenvalue weighted by Gasteiger charge is 2.40. The van der Waals surface area contributed by atoms with Crippen molar-refractivity contribution in [1.82, 2.24) is 0 Å². The van der Waals surface area contributed by atoms with Crippen molar-refractivity contribution in [1.29, 1.82) is 0 Å². The Hall–Kier alpha value is -4.33. The van der Waals surface area contributed by atoms with E-state index in [1.165, 1.54) is 38.5 Å². The molecule has 34 heavy (non-hydrogen) atoms. The number of imide groups is 1. The molecular weight excluding hydrogens is 437 g/mol. The topological polar surface area (TPSA) is 71.1 Å². The van der Waals surface area contributed by atoms with Gasteiger partial charge in [0.1, 0.15) is 23.0 Å². The van der Waals surface area contributed by atoms with Gasteiger partial charge in [-0.2, -0.15) is 0 Å². The van der Waals surface area contributed by atoms with Gasteiger partial charge in [0.05, 0.1) is 31.2 Å². The maximum absolute atomic E-state index is 13.6. The third kappa shape index (κ3) is 4.17. The van der Waals surface area contributed by atoms with Crippen molar-refractivity contribution in [2.24, 2.45) is 0 Å². The van der Waals surface area contributed by atoms with Gasteiger partial charge in [-0.05, 0) is 54.1 Å². The molecule has 3 aromatic rings. The molecule has 0 aliphatic carbocycles. The summed E-state index contributed by atoms with van der Waals surface area (Å²) in [6.45, 7) is 0. The van der Waals surface area contributed by atoms with Crippen LogP contribution in [-0.4, -0.2) is 40.1 Å². The summed E-state index contributed by atoms with van der Waals surface area (Å²) in [5.41, 5.74) is 2.40. The fraction of sp³-hybridized carbons (Fsp3) is 0.154. The van der Waals surface area contributed by atoms with Crippen LogP contribution in [0.3, 0.4) is 0 Å². The van der Waals surface area contributed by atoms with E-state index < -0.39 is 17.6 Å². The maximum Gasteiger partial charge on any atom is 0.282 e. The fourth-order valence-corrected chi connectivity index (χ4v) is 3.71. The summed E-state index contributed by atoms with van der Waals surface area (Å²) in [5, 5.41) is 3.07. The molecule has 4 rings (SSSR count). The van der Waals surface area contributed by atoms with Crippen molar-refractivity contribution in [3.8, 4) is 11.5 Å². The first-order valence-corrected chi connectivity index (χ1v) is 10.5. The molecule has 0 unspecified atom stereocenters. The molecule has 0 atom stereocenters. The van der Waals surface area contributed by atoms with E-state index in [9.17, 15) is 14.0 Å². The Kier molecular flexibility index (Phi) is 6.23. The predicted octanol–water partition coefficient (Wildman–Crippen LogP) is 4.31. The molecule has 1 aliphatic rings. The minimum atomic E-state index is -0.535. The highest BCUT2D eigenvalue weighted by atomic mass is 19.1. The van der Waals surface area contributed by atoms with E-state index in [1.807, 2.05) is 31.1 Å². The molecule has 0 saturated carbocycles. The molecule has 2 amide bonds. The van der Waals surface area contributed by atoms with Gasteiger partial charge in [0, 0.05) is 25.8 Å². The highest BCUT2D eigenvalue weighted by molar-refractivity contribution is 6.46. The summed E-state index contributed by atoms with van der Waals surface area (Å²) < 4.78 is 24.3. The van der Waals surface area contributed by atoms with Crippen LogP contribution in [0.5, 0.6) is 11.5 Å². The molecule has 1 aliphatic heterocycles. The number of benzene rings is 3. The zero-order valence-corrected chi connectivity index (χ0v) is 19.3. The largest absolute Gasteiger partial charge is 0.497 e. The normalized spacial score (nSPS) is 13.4. The Balaban J connectivity index is 1.82. The third-order valence-electron chi connectivity index (χ3n) is 5.51. The fourth-order valence-electron chi connectivity index (χ4n) is 3.71. The maximum atomic E-state index is 13.6. The van der Waals surface area contributed by atoms with Crippen molar-refractivity contribution in [3.63, 3.8) is 0 Å². The van der Waals surface area contributed by atoms with Gasteiger partial charge in [-0.3, -0.25) is 9.59 Å². The van der Waals surface area contributed by atoms with Crippen LogP contribution >= 0.6 is 0 Å². The van der Waals surface area contributed by atoms with Gasteiger partial charge in [0.15, 0.2) is 0 Å². The first kappa shape index (κ1) is 22.8. The number of ether oxygens (including phenoxy) is 2. The molecule has 0 fully saturated rings. The zero-order valence-electron chi connectivity index (χ0n) is 19.3. The van der Waals surface area contributed by atoms with Crippen LogP contribution in [0.4, 0.5) is 21.5 Å². The smallest absolute Gasteiger partial charge is 0.282 e. The van der Waals surface area contributed by atoms with E-state index in [4.69, 9.17) is 9.47 Å². The van der Waals surface area contributed by atoms with E-state index in [-0.39, 0.29) is 11.3 Å². The molecule has 1 heterocycles. The summed E-state index contributed by atoms with van der Waals surface area (Å²) in [5.74, 6) is -0.493. The number of anilines is 3. The number of amides is 2. The summed E-state index contributed by atoms with van der Waals surface area (Å²) in [4.78, 5) is 30.1. The van der Waals surface area contributed by atoms with Crippen molar-refractivity contribution in [2.75, 3.05) is 43.4 Å². The van der Waals surface area contributed by atoms with Crippen LogP contribution in [0.15, 0.2) is 72.4 Å². The molecule has 7 nitrogen and oxygen atoms in total. The van der Waals surface area contributed by atoms with E-state index in [0.717, 1.165) is 10.6 Å². The van der Waals surface area contributed by atoms with E-state index in [0.29, 0.717) is 28.4 Å². The number of carbonyl (C=O) groups is 2. The van der Waals surface area contributed by atoms with Crippen LogP contribution in [0, 0.1) is 5.82 Å². The number of halogens is 1. The number of hydrogen-bond acceptors (Lipinski definition) is 6. The Labute approximate surface area is 197 Å². The van der Waals surface area contributed by atoms with Gasteiger partial charge in [0.25, 0.3) is 11.8 Å². The predicted molar refractivity (Wildman–Crippen MR) is 130 cm³/mol. The molecule has 0 spiro atoms. The number of methoxy groups -OCH3 is 2. The Morgan fingerprint density at radius 3 is 2.12 bits per heavy atom. The molecule has 0 bridgehead atoms. The lowest BCUT2D eigenvalue weighted by molar-refractivity contribution is -0.120. The molecule has 3 aromatic carbocycles. The Morgan fingerprint density at radius 1 is 0.853 bits per heavy atom. The van der Waals surface area contributed by atoms with Crippen LogP contribution in [0.2, 0.25) is 0 Å². The summed E-state index contributed by atoms with van der Waals surface area (Å²) in [7, 11) is 6.83. The highest BCUT2D eigenvalue weighted by Crippen LogP contribution is 2.37. The molecule has 174 valence electrons. The second kappa shape index (κ2) is 9.27. The van der Waals surface area contributed by atoms with Gasteiger partial charge in [0.2, 0.25) is 0 Å². The van der Waals surface area contributed by atoms with Crippen LogP contribution in [-0.2, 0) is 9.59 Å². The van der Waals surface area contributed by atoms with Crippen molar-refractivity contribution >= 4 is 34.4 Å². The monoisotopic (exact) mass is 461 g/mol. The minimum Gasteiger partial charge on any atom is -0.497 e. The molecule has 1 N–H and O–H groups in total. The number of carbonyl (C=O) groups excluding carboxylic acids is 2. The van der Waals surface area contributed by atoms with E-state index in [2.05, 4.69) is 5.32 Å². The lowest BCUT2D eigenvalue weighted by atomic mass is 10.0. The lowest BCUT2D eigenvalue weighted by Gasteiger charge is -2.18. The second-order valence-electron chi connectivity index (χ2n) is 7.80. The third-order valence-corrected chi connectivity index (χ3v) is 5.51. The second-order valence-corrected chi connectivity index (χ2v) is 7.80. The van der Waals surface area contributed by atoms with Gasteiger partial charge in [-0.1, -0.05) is 12.1 Å². The van der Waals surface area contributed by atoms with Crippen LogP contribution < -0.4 is 24.6 Å². The molecular formula is C26H24FN3O4. The number of hydrogen-bond donors (Lipinski definition) is 1. The number of nitrogens with one attached hydrogen (secondary N) is 1. The first-order valence-electron chi connectivity index (χ1n) is 10.5. The van der Waals surface area contributed by atoms with E-state index >= 15 is 0 Å². The van der Waals surface area contributed by atoms with Crippen LogP contribution in [0.25, 0.3) is 5.57 Å². The lowest BCUT2D eigenvalue weighted by Crippen LogP contribution is -2.32. The number of nitrogens with zero attached hydrogens (tertiary/aromatic N) is 2. The van der Waals surface area contributed by atoms with Gasteiger partial charge in [-0.25, -0.2) is 9.29 Å². The van der Waals surface area contributed by atoms with E-state index in [1.54, 1.807) is 30.3 Å². The Morgan fingerprint density at radius 2 is 1.53 bits per heavy atom. The zero-order chi connectivity index (χ0) is 24.4. The van der Waals surface area contributed by atoms with Gasteiger partial charge >= 0.3 is 0 Å². The molecule has 8 heteroatoms. The van der Waals surface area contributed by atoms with Crippen molar-refractivity contribution < 1.29 is 23.5 Å². The summed E-state index contributed by atoms with van der Waals surface area (Å²) >= 11 is 0. The summed E-state index contributed by atoms with van der Waals surface area (Å²) in [6, 6.07) is 17.6. The first-order chi connectivity index (χ1) is 16.3. The molecule has 0 radical (unpaired) electrons. The van der Waals surface area contributed by atoms with Gasteiger partial charge in [-0.15, -0.1) is 0 Å². The average Bonchev–Trinajstić information content (AvgIpc) is 3.08. The van der Waals surface area contributed by atoms with Crippen molar-refractivity contribution in [2.45, 2.75) is 0 Å². The number of rotatable bonds is 7. The standard InChI is InChI=1S/C26H24FN3O4/c1-29(2)18-9-11-19(12-10-18)30-25(31)23(16-5-7-17(27)8-6-16)24(26(30)32)28-21-15-20(33-3)13-14-22(21)34-4/h5-15,28H,1-4H3. The molecule has 0 saturated heterocycles.